The first-order chi connectivity index (χ1) is 17.3. The summed E-state index contributed by atoms with van der Waals surface area (Å²) in [7, 11) is 0. The van der Waals surface area contributed by atoms with Crippen molar-refractivity contribution in [1.82, 2.24) is 9.80 Å². The van der Waals surface area contributed by atoms with Crippen LogP contribution < -0.4 is 5.32 Å². The molecule has 10 nitrogen and oxygen atoms in total. The van der Waals surface area contributed by atoms with Crippen molar-refractivity contribution < 1.29 is 42.9 Å². The lowest BCUT2D eigenvalue weighted by atomic mass is 9.98. The number of carboxylic acids is 1. The number of anilines is 1. The third kappa shape index (κ3) is 6.72. The zero-order valence-electron chi connectivity index (χ0n) is 20.4. The van der Waals surface area contributed by atoms with Crippen LogP contribution in [0.1, 0.15) is 43.1 Å². The zero-order chi connectivity index (χ0) is 27.5. The van der Waals surface area contributed by atoms with Crippen molar-refractivity contribution in [1.29, 1.82) is 0 Å². The number of alkyl halides is 2. The maximum Gasteiger partial charge on any atom is 0.412 e. The molecular weight excluding hydrogens is 492 g/mol. The topological polar surface area (TPSA) is 136 Å². The van der Waals surface area contributed by atoms with Crippen molar-refractivity contribution in [2.45, 2.75) is 38.8 Å². The lowest BCUT2D eigenvalue weighted by Crippen LogP contribution is -2.59. The molecule has 0 aliphatic carbocycles. The van der Waals surface area contributed by atoms with Gasteiger partial charge in [0.15, 0.2) is 0 Å². The fourth-order valence-electron chi connectivity index (χ4n) is 3.84. The maximum absolute atomic E-state index is 13.6. The Morgan fingerprint density at radius 1 is 1.03 bits per heavy atom. The standard InChI is InChI=1S/C25H27F2N3O7/c1-25(2,3)37-23(34)28-18-8-7-15(14-5-4-6-16(11-14)20(26)27)12-17(18)21(31)30-10-9-29(24(35)36)13-19(30)22(32)33/h4-8,11-12,19-20H,9-10,13H2,1-3H3,(H,28,34)(H,32,33)(H,35,36). The summed E-state index contributed by atoms with van der Waals surface area (Å²) in [6, 6.07) is 8.34. The van der Waals surface area contributed by atoms with Crippen molar-refractivity contribution in [3.8, 4) is 11.1 Å². The second-order valence-electron chi connectivity index (χ2n) is 9.39. The number of halogens is 2. The van der Waals surface area contributed by atoms with Crippen molar-refractivity contribution in [2.75, 3.05) is 25.0 Å². The molecular formula is C25H27F2N3O7. The van der Waals surface area contributed by atoms with Gasteiger partial charge >= 0.3 is 18.2 Å². The second-order valence-corrected chi connectivity index (χ2v) is 9.39. The molecule has 2 aromatic rings. The van der Waals surface area contributed by atoms with Crippen LogP contribution in [-0.4, -0.2) is 75.4 Å². The van der Waals surface area contributed by atoms with E-state index in [1.165, 1.54) is 36.4 Å². The van der Waals surface area contributed by atoms with Gasteiger partial charge in [0.25, 0.3) is 12.3 Å². The molecule has 3 amide bonds. The maximum atomic E-state index is 13.6. The minimum absolute atomic E-state index is 0.0119. The van der Waals surface area contributed by atoms with E-state index >= 15 is 0 Å². The van der Waals surface area contributed by atoms with Crippen molar-refractivity contribution in [2.24, 2.45) is 0 Å². The summed E-state index contributed by atoms with van der Waals surface area (Å²) in [6.45, 7) is 4.18. The van der Waals surface area contributed by atoms with E-state index in [0.29, 0.717) is 11.1 Å². The fraction of sp³-hybridized carbons (Fsp3) is 0.360. The molecule has 1 unspecified atom stereocenters. The lowest BCUT2D eigenvalue weighted by molar-refractivity contribution is -0.144. The Morgan fingerprint density at radius 2 is 1.70 bits per heavy atom. The fourth-order valence-corrected chi connectivity index (χ4v) is 3.84. The number of carbonyl (C=O) groups is 4. The number of amides is 3. The van der Waals surface area contributed by atoms with Gasteiger partial charge < -0.3 is 24.7 Å². The van der Waals surface area contributed by atoms with E-state index in [4.69, 9.17) is 4.74 Å². The molecule has 1 saturated heterocycles. The van der Waals surface area contributed by atoms with Crippen LogP contribution >= 0.6 is 0 Å². The SMILES string of the molecule is CC(C)(C)OC(=O)Nc1ccc(-c2cccc(C(F)F)c2)cc1C(=O)N1CCN(C(=O)O)CC1C(=O)O. The molecule has 2 aromatic carbocycles. The molecule has 1 heterocycles. The Labute approximate surface area is 211 Å². The highest BCUT2D eigenvalue weighted by Gasteiger charge is 2.38. The monoisotopic (exact) mass is 519 g/mol. The van der Waals surface area contributed by atoms with Gasteiger partial charge in [-0.15, -0.1) is 0 Å². The minimum atomic E-state index is -2.71. The molecule has 3 rings (SSSR count). The Morgan fingerprint density at radius 3 is 2.30 bits per heavy atom. The zero-order valence-corrected chi connectivity index (χ0v) is 20.4. The number of hydrogen-bond acceptors (Lipinski definition) is 5. The van der Waals surface area contributed by atoms with Crippen LogP contribution in [0, 0.1) is 0 Å². The predicted molar refractivity (Wildman–Crippen MR) is 129 cm³/mol. The van der Waals surface area contributed by atoms with Gasteiger partial charge in [-0.3, -0.25) is 10.1 Å². The average molecular weight is 520 g/mol. The molecule has 1 atom stereocenters. The molecule has 12 heteroatoms. The highest BCUT2D eigenvalue weighted by Crippen LogP contribution is 2.30. The Kier molecular flexibility index (Phi) is 7.99. The summed E-state index contributed by atoms with van der Waals surface area (Å²) in [6.07, 6.45) is -4.89. The third-order valence-electron chi connectivity index (χ3n) is 5.55. The van der Waals surface area contributed by atoms with E-state index in [1.54, 1.807) is 26.8 Å². The quantitative estimate of drug-likeness (QED) is 0.528. The summed E-state index contributed by atoms with van der Waals surface area (Å²) in [5, 5.41) is 21.4. The molecule has 0 radical (unpaired) electrons. The van der Waals surface area contributed by atoms with E-state index < -0.39 is 48.7 Å². The minimum Gasteiger partial charge on any atom is -0.480 e. The Bertz CT molecular complexity index is 1210. The summed E-state index contributed by atoms with van der Waals surface area (Å²) in [5.74, 6) is -2.18. The number of rotatable bonds is 5. The van der Waals surface area contributed by atoms with Gasteiger partial charge in [-0.1, -0.05) is 24.3 Å². The summed E-state index contributed by atoms with van der Waals surface area (Å²) < 4.78 is 31.7. The molecule has 0 aromatic heterocycles. The van der Waals surface area contributed by atoms with Gasteiger partial charge in [-0.2, -0.15) is 0 Å². The third-order valence-corrected chi connectivity index (χ3v) is 5.55. The molecule has 3 N–H and O–H groups in total. The van der Waals surface area contributed by atoms with Crippen LogP contribution in [0.5, 0.6) is 0 Å². The number of carbonyl (C=O) groups excluding carboxylic acids is 2. The predicted octanol–water partition coefficient (Wildman–Crippen LogP) is 4.53. The number of aliphatic carboxylic acids is 1. The van der Waals surface area contributed by atoms with Crippen LogP contribution in [0.25, 0.3) is 11.1 Å². The van der Waals surface area contributed by atoms with Crippen molar-refractivity contribution in [3.63, 3.8) is 0 Å². The molecule has 0 saturated carbocycles. The number of hydrogen-bond donors (Lipinski definition) is 3. The lowest BCUT2D eigenvalue weighted by Gasteiger charge is -2.38. The first-order valence-electron chi connectivity index (χ1n) is 11.3. The first kappa shape index (κ1) is 27.4. The summed E-state index contributed by atoms with van der Waals surface area (Å²) >= 11 is 0. The number of piperazine rings is 1. The summed E-state index contributed by atoms with van der Waals surface area (Å²) in [5.41, 5.74) is -0.417. The largest absolute Gasteiger partial charge is 0.480 e. The number of nitrogens with zero attached hydrogens (tertiary/aromatic N) is 2. The highest BCUT2D eigenvalue weighted by molar-refractivity contribution is 6.05. The Hall–Kier alpha value is -4.22. The molecule has 1 aliphatic rings. The normalized spacial score (nSPS) is 15.9. The number of nitrogens with one attached hydrogen (secondary N) is 1. The van der Waals surface area contributed by atoms with Gasteiger partial charge in [-0.05, 0) is 50.1 Å². The number of ether oxygens (including phenoxy) is 1. The highest BCUT2D eigenvalue weighted by atomic mass is 19.3. The average Bonchev–Trinajstić information content (AvgIpc) is 2.82. The summed E-state index contributed by atoms with van der Waals surface area (Å²) in [4.78, 5) is 51.2. The molecule has 1 fully saturated rings. The van der Waals surface area contributed by atoms with Gasteiger partial charge in [-0.25, -0.2) is 23.2 Å². The molecule has 1 aliphatic heterocycles. The Balaban J connectivity index is 2.04. The van der Waals surface area contributed by atoms with E-state index in [1.807, 2.05) is 0 Å². The number of benzene rings is 2. The van der Waals surface area contributed by atoms with Gasteiger partial charge in [0, 0.05) is 18.7 Å². The van der Waals surface area contributed by atoms with Gasteiger partial charge in [0.1, 0.15) is 11.6 Å². The van der Waals surface area contributed by atoms with Crippen molar-refractivity contribution in [3.05, 3.63) is 53.6 Å². The van der Waals surface area contributed by atoms with Gasteiger partial charge in [0.2, 0.25) is 0 Å². The first-order valence-corrected chi connectivity index (χ1v) is 11.3. The van der Waals surface area contributed by atoms with Crippen LogP contribution in [0.4, 0.5) is 24.1 Å². The van der Waals surface area contributed by atoms with E-state index in [9.17, 15) is 38.2 Å². The molecule has 0 bridgehead atoms. The molecule has 0 spiro atoms. The van der Waals surface area contributed by atoms with Crippen molar-refractivity contribution >= 4 is 29.8 Å². The van der Waals surface area contributed by atoms with Crippen LogP contribution in [0.3, 0.4) is 0 Å². The smallest absolute Gasteiger partial charge is 0.412 e. The van der Waals surface area contributed by atoms with E-state index in [0.717, 1.165) is 9.80 Å². The van der Waals surface area contributed by atoms with Crippen LogP contribution in [0.2, 0.25) is 0 Å². The second kappa shape index (κ2) is 10.8. The van der Waals surface area contributed by atoms with Crippen LogP contribution in [-0.2, 0) is 9.53 Å². The number of carboxylic acid groups (broad SMARTS) is 2. The molecule has 198 valence electrons. The van der Waals surface area contributed by atoms with E-state index in [-0.39, 0.29) is 29.9 Å². The molecule has 37 heavy (non-hydrogen) atoms. The van der Waals surface area contributed by atoms with Crippen LogP contribution in [0.15, 0.2) is 42.5 Å². The van der Waals surface area contributed by atoms with Gasteiger partial charge in [0.05, 0.1) is 17.8 Å². The van der Waals surface area contributed by atoms with E-state index in [2.05, 4.69) is 5.32 Å².